The summed E-state index contributed by atoms with van der Waals surface area (Å²) in [6.07, 6.45) is 0. The van der Waals surface area contributed by atoms with Gasteiger partial charge in [0.1, 0.15) is 0 Å². The van der Waals surface area contributed by atoms with Crippen molar-refractivity contribution in [1.82, 2.24) is 0 Å². The van der Waals surface area contributed by atoms with E-state index in [0.29, 0.717) is 0 Å². The van der Waals surface area contributed by atoms with E-state index < -0.39 is 18.4 Å². The molecule has 0 aliphatic carbocycles. The van der Waals surface area contributed by atoms with Gasteiger partial charge in [-0.25, -0.2) is 0 Å². The molecule has 0 aromatic carbocycles. The van der Waals surface area contributed by atoms with Crippen LogP contribution in [0.4, 0.5) is 0 Å². The van der Waals surface area contributed by atoms with Gasteiger partial charge in [0.2, 0.25) is 0 Å². The van der Waals surface area contributed by atoms with Gasteiger partial charge in [-0.05, 0) is 0 Å². The van der Waals surface area contributed by atoms with E-state index in [2.05, 4.69) is 23.7 Å². The van der Waals surface area contributed by atoms with Crippen LogP contribution in [0.1, 0.15) is 13.8 Å². The standard InChI is InChI=1S/C6H12.2CH3.Sn/c1-5(2)6(3)4;;;/h5-6H,1,3H2,2,4H3;2*1H3;. The molecular formula is C8H18Sn. The van der Waals surface area contributed by atoms with Crippen LogP contribution >= 0.6 is 0 Å². The first-order chi connectivity index (χ1) is 4.01. The molecule has 1 heteroatoms. The molecule has 1 rings (SSSR count). The van der Waals surface area contributed by atoms with Gasteiger partial charge in [0.25, 0.3) is 0 Å². The number of hydrogen-bond acceptors (Lipinski definition) is 0. The number of rotatable bonds is 0. The van der Waals surface area contributed by atoms with E-state index in [9.17, 15) is 0 Å². The Morgan fingerprint density at radius 1 is 1.00 bits per heavy atom. The molecule has 0 nitrogen and oxygen atoms in total. The van der Waals surface area contributed by atoms with E-state index in [1.165, 1.54) is 0 Å². The normalized spacial score (nSPS) is 41.3. The molecule has 0 amide bonds. The fraction of sp³-hybridized carbons (Fsp3) is 1.00. The molecule has 0 aromatic heterocycles. The quantitative estimate of drug-likeness (QED) is 0.564. The minimum absolute atomic E-state index is 1.05. The summed E-state index contributed by atoms with van der Waals surface area (Å²) in [4.78, 5) is 5.18. The summed E-state index contributed by atoms with van der Waals surface area (Å²) in [5, 5.41) is 0. The third-order valence-electron chi connectivity index (χ3n) is 2.72. The van der Waals surface area contributed by atoms with Crippen LogP contribution in [-0.2, 0) is 0 Å². The second-order valence-corrected chi connectivity index (χ2v) is 19.2. The Bertz CT molecular complexity index is 95.1. The molecule has 2 atom stereocenters. The molecule has 2 unspecified atom stereocenters. The van der Waals surface area contributed by atoms with Crippen LogP contribution in [0, 0.1) is 11.8 Å². The Labute approximate surface area is 62.9 Å². The molecule has 9 heavy (non-hydrogen) atoms. The van der Waals surface area contributed by atoms with Gasteiger partial charge in [0, 0.05) is 0 Å². The van der Waals surface area contributed by atoms with Gasteiger partial charge in [0.05, 0.1) is 0 Å². The van der Waals surface area contributed by atoms with Crippen molar-refractivity contribution in [2.45, 2.75) is 32.6 Å². The Morgan fingerprint density at radius 2 is 1.33 bits per heavy atom. The van der Waals surface area contributed by atoms with Crippen LogP contribution in [0.15, 0.2) is 0 Å². The fourth-order valence-corrected chi connectivity index (χ4v) is 15.0. The first-order valence-corrected chi connectivity index (χ1v) is 13.8. The molecular weight excluding hydrogens is 215 g/mol. The van der Waals surface area contributed by atoms with Crippen molar-refractivity contribution in [3.05, 3.63) is 0 Å². The van der Waals surface area contributed by atoms with Gasteiger partial charge >= 0.3 is 62.8 Å². The zero-order valence-electron chi connectivity index (χ0n) is 7.07. The van der Waals surface area contributed by atoms with Gasteiger partial charge in [-0.15, -0.1) is 0 Å². The molecule has 1 aliphatic heterocycles. The molecule has 1 heterocycles. The van der Waals surface area contributed by atoms with Gasteiger partial charge in [-0.1, -0.05) is 0 Å². The predicted octanol–water partition coefficient (Wildman–Crippen LogP) is 2.98. The van der Waals surface area contributed by atoms with Crippen LogP contribution in [0.25, 0.3) is 0 Å². The average molecular weight is 233 g/mol. The number of hydrogen-bond donors (Lipinski definition) is 0. The summed E-state index contributed by atoms with van der Waals surface area (Å²) in [5.41, 5.74) is 0. The van der Waals surface area contributed by atoms with Crippen LogP contribution in [0.5, 0.6) is 0 Å². The van der Waals surface area contributed by atoms with E-state index >= 15 is 0 Å². The summed E-state index contributed by atoms with van der Waals surface area (Å²) in [7, 11) is 0. The van der Waals surface area contributed by atoms with Crippen molar-refractivity contribution in [2.75, 3.05) is 0 Å². The Morgan fingerprint density at radius 3 is 1.44 bits per heavy atom. The summed E-state index contributed by atoms with van der Waals surface area (Å²) >= 11 is -1.33. The molecule has 0 radical (unpaired) electrons. The summed E-state index contributed by atoms with van der Waals surface area (Å²) in [6, 6.07) is 0. The summed E-state index contributed by atoms with van der Waals surface area (Å²) < 4.78 is 3.27. The van der Waals surface area contributed by atoms with Gasteiger partial charge < -0.3 is 0 Å². The molecule has 54 valence electrons. The van der Waals surface area contributed by atoms with E-state index in [0.717, 1.165) is 11.8 Å². The molecule has 1 fully saturated rings. The van der Waals surface area contributed by atoms with Crippen LogP contribution < -0.4 is 0 Å². The topological polar surface area (TPSA) is 0 Å². The van der Waals surface area contributed by atoms with Crippen molar-refractivity contribution in [1.29, 1.82) is 0 Å². The third kappa shape index (κ3) is 1.86. The van der Waals surface area contributed by atoms with Gasteiger partial charge in [-0.3, -0.25) is 0 Å². The molecule has 0 aromatic rings. The van der Waals surface area contributed by atoms with Crippen LogP contribution in [-0.4, -0.2) is 18.4 Å². The molecule has 0 spiro atoms. The Hall–Kier alpha value is 0.799. The molecule has 0 saturated carbocycles. The summed E-state index contributed by atoms with van der Waals surface area (Å²) in [6.45, 7) is 4.85. The van der Waals surface area contributed by atoms with E-state index in [-0.39, 0.29) is 0 Å². The van der Waals surface area contributed by atoms with E-state index in [4.69, 9.17) is 0 Å². The Balaban J connectivity index is 2.54. The summed E-state index contributed by atoms with van der Waals surface area (Å²) in [5.74, 6) is 2.10. The van der Waals surface area contributed by atoms with Gasteiger partial charge in [-0.2, -0.15) is 0 Å². The average Bonchev–Trinajstić information content (AvgIpc) is 1.79. The van der Waals surface area contributed by atoms with Crippen LogP contribution in [0.3, 0.4) is 0 Å². The molecule has 0 bridgehead atoms. The molecule has 0 N–H and O–H groups in total. The molecule has 1 saturated heterocycles. The zero-order valence-corrected chi connectivity index (χ0v) is 9.92. The first-order valence-electron chi connectivity index (χ1n) is 4.01. The second-order valence-electron chi connectivity index (χ2n) is 4.53. The predicted molar refractivity (Wildman–Crippen MR) is 45.4 cm³/mol. The first kappa shape index (κ1) is 7.90. The maximum atomic E-state index is 2.59. The molecule has 1 aliphatic rings. The third-order valence-corrected chi connectivity index (χ3v) is 12.7. The SMILES string of the molecule is CC1[CH2][Sn]([CH3])([CH3])[CH2]C1C. The van der Waals surface area contributed by atoms with Crippen molar-refractivity contribution < 1.29 is 0 Å². The van der Waals surface area contributed by atoms with Gasteiger partial charge in [0.15, 0.2) is 0 Å². The monoisotopic (exact) mass is 234 g/mol. The van der Waals surface area contributed by atoms with Crippen LogP contribution in [0.2, 0.25) is 18.8 Å². The van der Waals surface area contributed by atoms with Crippen molar-refractivity contribution in [3.63, 3.8) is 0 Å². The minimum atomic E-state index is -1.33. The maximum absolute atomic E-state index is 2.59. The Kier molecular flexibility index (Phi) is 2.15. The zero-order chi connectivity index (χ0) is 7.07. The fourth-order valence-electron chi connectivity index (χ4n) is 2.23. The van der Waals surface area contributed by atoms with Crippen molar-refractivity contribution >= 4 is 18.4 Å². The van der Waals surface area contributed by atoms with E-state index in [1.54, 1.807) is 8.87 Å². The van der Waals surface area contributed by atoms with Crippen molar-refractivity contribution in [3.8, 4) is 0 Å². The van der Waals surface area contributed by atoms with E-state index in [1.807, 2.05) is 0 Å². The van der Waals surface area contributed by atoms with Crippen molar-refractivity contribution in [2.24, 2.45) is 11.8 Å². The second kappa shape index (κ2) is 2.44.